The van der Waals surface area contributed by atoms with E-state index in [2.05, 4.69) is 74.6 Å². The molecule has 0 aliphatic rings. The molecule has 0 aromatic heterocycles. The number of esters is 2. The lowest BCUT2D eigenvalue weighted by Crippen LogP contribution is -2.37. The summed E-state index contributed by atoms with van der Waals surface area (Å²) < 4.78 is 33.9. The van der Waals surface area contributed by atoms with Gasteiger partial charge in [0.25, 0.3) is 7.82 Å². The number of rotatable bonds is 45. The Kier molecular flexibility index (Phi) is 42.3. The molecule has 0 rings (SSSR count). The molecule has 1 unspecified atom stereocenters. The molecule has 0 saturated carbocycles. The second kappa shape index (κ2) is 43.9. The number of quaternary nitrogens is 1. The fourth-order valence-electron chi connectivity index (χ4n) is 6.58. The minimum Gasteiger partial charge on any atom is -0.756 e. The summed E-state index contributed by atoms with van der Waals surface area (Å²) in [6, 6.07) is 0. The molecule has 0 fully saturated rings. The Hall–Kier alpha value is -2.29. The summed E-state index contributed by atoms with van der Waals surface area (Å²) in [4.78, 5) is 37.6. The van der Waals surface area contributed by atoms with Gasteiger partial charge in [0.05, 0.1) is 27.7 Å². The molecule has 360 valence electrons. The number of ether oxygens (including phenoxy) is 2. The van der Waals surface area contributed by atoms with Crippen molar-refractivity contribution in [2.45, 2.75) is 213 Å². The minimum absolute atomic E-state index is 0.0420. The Balaban J connectivity index is 4.38. The lowest BCUT2D eigenvalue weighted by atomic mass is 10.1. The lowest BCUT2D eigenvalue weighted by molar-refractivity contribution is -0.870. The second-order valence-corrected chi connectivity index (χ2v) is 19.2. The van der Waals surface area contributed by atoms with Gasteiger partial charge in [0.2, 0.25) is 0 Å². The van der Waals surface area contributed by atoms with Gasteiger partial charge < -0.3 is 27.9 Å². The number of likely N-dealkylation sites (N-methyl/N-ethyl adjacent to an activating group) is 1. The third-order valence-corrected chi connectivity index (χ3v) is 11.5. The van der Waals surface area contributed by atoms with Crippen LogP contribution in [0.3, 0.4) is 0 Å². The van der Waals surface area contributed by atoms with Crippen LogP contribution < -0.4 is 4.89 Å². The van der Waals surface area contributed by atoms with Crippen LogP contribution in [0.2, 0.25) is 0 Å². The van der Waals surface area contributed by atoms with Crippen LogP contribution in [0.15, 0.2) is 60.8 Å². The van der Waals surface area contributed by atoms with E-state index in [1.807, 2.05) is 21.1 Å². The molecule has 0 aliphatic heterocycles. The quantitative estimate of drug-likeness (QED) is 0.0195. The van der Waals surface area contributed by atoms with Crippen LogP contribution >= 0.6 is 7.82 Å². The average Bonchev–Trinajstić information content (AvgIpc) is 3.23. The van der Waals surface area contributed by atoms with E-state index in [0.29, 0.717) is 23.9 Å². The molecule has 0 bridgehead atoms. The third kappa shape index (κ3) is 47.2. The number of phosphoric ester groups is 1. The molecule has 0 N–H and O–H groups in total. The number of allylic oxidation sites excluding steroid dienone is 10. The van der Waals surface area contributed by atoms with E-state index in [-0.39, 0.29) is 26.1 Å². The maximum Gasteiger partial charge on any atom is 0.306 e. The van der Waals surface area contributed by atoms with Crippen molar-refractivity contribution in [1.82, 2.24) is 0 Å². The number of nitrogens with zero attached hydrogens (tertiary/aromatic N) is 1. The van der Waals surface area contributed by atoms with E-state index in [9.17, 15) is 19.0 Å². The SMILES string of the molecule is CCCCCCCC/C=C/CCCCCCCCCC(=O)O[C@H](COC(=O)CCC/C=C/C/C=C/C/C=C/C/C=C/CCCCCCCCC)COP(=O)([O-])OCC[N+](C)(C)C. The molecule has 0 aromatic rings. The number of carbonyl (C=O) groups excluding carboxylic acids is 2. The molecule has 0 amide bonds. The highest BCUT2D eigenvalue weighted by Gasteiger charge is 2.21. The van der Waals surface area contributed by atoms with E-state index >= 15 is 0 Å². The van der Waals surface area contributed by atoms with E-state index in [4.69, 9.17) is 18.5 Å². The normalized spacial score (nSPS) is 14.0. The van der Waals surface area contributed by atoms with Gasteiger partial charge in [-0.15, -0.1) is 0 Å². The molecule has 62 heavy (non-hydrogen) atoms. The third-order valence-electron chi connectivity index (χ3n) is 10.5. The predicted molar refractivity (Wildman–Crippen MR) is 259 cm³/mol. The highest BCUT2D eigenvalue weighted by molar-refractivity contribution is 7.45. The Morgan fingerprint density at radius 3 is 1.35 bits per heavy atom. The van der Waals surface area contributed by atoms with Crippen molar-refractivity contribution in [2.24, 2.45) is 0 Å². The minimum atomic E-state index is -4.64. The zero-order chi connectivity index (χ0) is 45.7. The van der Waals surface area contributed by atoms with Crippen LogP contribution in [0.1, 0.15) is 206 Å². The van der Waals surface area contributed by atoms with E-state index in [0.717, 1.165) is 51.4 Å². The van der Waals surface area contributed by atoms with E-state index < -0.39 is 32.5 Å². The van der Waals surface area contributed by atoms with Crippen molar-refractivity contribution >= 4 is 19.8 Å². The zero-order valence-corrected chi connectivity index (χ0v) is 41.4. The van der Waals surface area contributed by atoms with Gasteiger partial charge in [0.15, 0.2) is 6.10 Å². The van der Waals surface area contributed by atoms with Gasteiger partial charge in [-0.25, -0.2) is 0 Å². The van der Waals surface area contributed by atoms with Gasteiger partial charge in [-0.3, -0.25) is 14.2 Å². The summed E-state index contributed by atoms with van der Waals surface area (Å²) in [5.74, 6) is -0.904. The fourth-order valence-corrected chi connectivity index (χ4v) is 7.31. The first-order valence-electron chi connectivity index (χ1n) is 25.0. The molecule has 0 aliphatic carbocycles. The second-order valence-electron chi connectivity index (χ2n) is 17.8. The van der Waals surface area contributed by atoms with Gasteiger partial charge in [-0.05, 0) is 77.0 Å². The maximum absolute atomic E-state index is 12.7. The number of hydrogen-bond donors (Lipinski definition) is 0. The van der Waals surface area contributed by atoms with Crippen molar-refractivity contribution in [2.75, 3.05) is 47.5 Å². The zero-order valence-electron chi connectivity index (χ0n) is 40.6. The van der Waals surface area contributed by atoms with Crippen LogP contribution in [-0.4, -0.2) is 70.0 Å². The Labute approximate surface area is 381 Å². The van der Waals surface area contributed by atoms with E-state index in [1.54, 1.807) is 0 Å². The van der Waals surface area contributed by atoms with Gasteiger partial charge in [0, 0.05) is 12.8 Å². The molecule has 0 heterocycles. The first-order valence-corrected chi connectivity index (χ1v) is 26.5. The topological polar surface area (TPSA) is 111 Å². The Bertz CT molecular complexity index is 1240. The van der Waals surface area contributed by atoms with Crippen LogP contribution in [0.4, 0.5) is 0 Å². The summed E-state index contributed by atoms with van der Waals surface area (Å²) in [6.45, 7) is 4.16. The maximum atomic E-state index is 12.7. The molecule has 0 radical (unpaired) electrons. The summed E-state index contributed by atoms with van der Waals surface area (Å²) in [6.07, 6.45) is 54.0. The monoisotopic (exact) mass is 892 g/mol. The summed E-state index contributed by atoms with van der Waals surface area (Å²) in [5, 5.41) is 0. The molecular weight excluding hydrogens is 798 g/mol. The number of unbranched alkanes of at least 4 members (excludes halogenated alkanes) is 21. The van der Waals surface area contributed by atoms with Gasteiger partial charge in [0.1, 0.15) is 19.8 Å². The predicted octanol–water partition coefficient (Wildman–Crippen LogP) is 14.2. The first kappa shape index (κ1) is 59.7. The van der Waals surface area contributed by atoms with Crippen molar-refractivity contribution in [3.8, 4) is 0 Å². The van der Waals surface area contributed by atoms with Gasteiger partial charge in [-0.2, -0.15) is 0 Å². The van der Waals surface area contributed by atoms with Crippen molar-refractivity contribution in [3.05, 3.63) is 60.8 Å². The fraction of sp³-hybridized carbons (Fsp3) is 0.769. The largest absolute Gasteiger partial charge is 0.756 e. The summed E-state index contributed by atoms with van der Waals surface area (Å²) >= 11 is 0. The highest BCUT2D eigenvalue weighted by atomic mass is 31.2. The molecule has 9 nitrogen and oxygen atoms in total. The molecule has 2 atom stereocenters. The van der Waals surface area contributed by atoms with E-state index in [1.165, 1.54) is 116 Å². The lowest BCUT2D eigenvalue weighted by Gasteiger charge is -2.28. The Morgan fingerprint density at radius 1 is 0.500 bits per heavy atom. The first-order chi connectivity index (χ1) is 30.0. The number of carbonyl (C=O) groups is 2. The van der Waals surface area contributed by atoms with Crippen molar-refractivity contribution in [3.63, 3.8) is 0 Å². The summed E-state index contributed by atoms with van der Waals surface area (Å²) in [7, 11) is 1.13. The Morgan fingerprint density at radius 2 is 0.887 bits per heavy atom. The number of hydrogen-bond acceptors (Lipinski definition) is 8. The number of phosphoric acid groups is 1. The van der Waals surface area contributed by atoms with Gasteiger partial charge in [-0.1, -0.05) is 177 Å². The summed E-state index contributed by atoms with van der Waals surface area (Å²) in [5.41, 5.74) is 0. The molecule has 10 heteroatoms. The standard InChI is InChI=1S/C52H94NO8P/c1-6-8-10-12-14-16-18-20-22-24-25-26-27-29-30-32-34-36-38-40-42-44-51(54)58-48-50(49-60-62(56,57)59-47-46-53(3,4)5)61-52(55)45-43-41-39-37-35-33-31-28-23-21-19-17-15-13-11-9-7-2/h21-24,26-27,30,32,36,38,50H,6-20,25,28-29,31,33-35,37,39-49H2,1-5H3/b23-21+,24-22+,27-26+,32-30+,38-36+/t50-/m1/s1. The van der Waals surface area contributed by atoms with Crippen LogP contribution in [-0.2, 0) is 32.7 Å². The van der Waals surface area contributed by atoms with Crippen molar-refractivity contribution in [1.29, 1.82) is 0 Å². The molecular formula is C52H94NO8P. The molecule has 0 saturated heterocycles. The van der Waals surface area contributed by atoms with Crippen LogP contribution in [0, 0.1) is 0 Å². The molecule has 0 aromatic carbocycles. The van der Waals surface area contributed by atoms with Crippen LogP contribution in [0.5, 0.6) is 0 Å². The van der Waals surface area contributed by atoms with Crippen LogP contribution in [0.25, 0.3) is 0 Å². The molecule has 0 spiro atoms. The average molecular weight is 892 g/mol. The highest BCUT2D eigenvalue weighted by Crippen LogP contribution is 2.38. The van der Waals surface area contributed by atoms with Crippen molar-refractivity contribution < 1.29 is 42.1 Å². The van der Waals surface area contributed by atoms with Gasteiger partial charge >= 0.3 is 11.9 Å². The smallest absolute Gasteiger partial charge is 0.306 e.